The van der Waals surface area contributed by atoms with Gasteiger partial charge < -0.3 is 9.47 Å². The van der Waals surface area contributed by atoms with Crippen molar-refractivity contribution >= 4 is 28.5 Å². The van der Waals surface area contributed by atoms with Crippen LogP contribution in [0.3, 0.4) is 0 Å². The van der Waals surface area contributed by atoms with Gasteiger partial charge in [0.2, 0.25) is 17.8 Å². The second kappa shape index (κ2) is 6.93. The number of nitrogens with one attached hydrogen (secondary N) is 1. The molecule has 1 amide bonds. The maximum Gasteiger partial charge on any atom is 0.250 e. The van der Waals surface area contributed by atoms with Crippen molar-refractivity contribution in [1.29, 1.82) is 0 Å². The Morgan fingerprint density at radius 1 is 1.12 bits per heavy atom. The van der Waals surface area contributed by atoms with E-state index in [0.717, 1.165) is 11.1 Å². The Kier molecular flexibility index (Phi) is 4.32. The monoisotopic (exact) mass is 369 g/mol. The summed E-state index contributed by atoms with van der Waals surface area (Å²) >= 11 is 1.21. The molecule has 0 radical (unpaired) electrons. The van der Waals surface area contributed by atoms with Crippen molar-refractivity contribution in [2.75, 3.05) is 12.1 Å². The number of carbonyl (C=O) groups excluding carboxylic acids is 1. The second-order valence-corrected chi connectivity index (χ2v) is 6.33. The van der Waals surface area contributed by atoms with E-state index in [1.165, 1.54) is 29.5 Å². The fourth-order valence-electron chi connectivity index (χ4n) is 2.32. The van der Waals surface area contributed by atoms with Gasteiger partial charge >= 0.3 is 0 Å². The summed E-state index contributed by atoms with van der Waals surface area (Å²) < 4.78 is 23.5. The number of anilines is 1. The van der Waals surface area contributed by atoms with E-state index < -0.39 is 0 Å². The van der Waals surface area contributed by atoms with E-state index >= 15 is 0 Å². The van der Waals surface area contributed by atoms with Crippen LogP contribution in [0.5, 0.6) is 11.5 Å². The maximum atomic E-state index is 13.0. The third kappa shape index (κ3) is 3.55. The highest BCUT2D eigenvalue weighted by Gasteiger charge is 2.12. The standard InChI is InChI=1S/C18H12FN3O3S/c19-13-5-3-12(4-6-13)17-21-22-18(26-17)20-16(23)8-2-11-1-7-14-15(9-11)25-10-24-14/h1-9H,10H2,(H,20,22,23)/b8-2+. The van der Waals surface area contributed by atoms with Gasteiger partial charge in [0.15, 0.2) is 11.5 Å². The molecular formula is C18H12FN3O3S. The summed E-state index contributed by atoms with van der Waals surface area (Å²) in [5, 5.41) is 11.6. The molecule has 0 spiro atoms. The molecule has 3 aromatic rings. The van der Waals surface area contributed by atoms with Crippen LogP contribution in [0.4, 0.5) is 9.52 Å². The molecule has 0 bridgehead atoms. The summed E-state index contributed by atoms with van der Waals surface area (Å²) in [6.45, 7) is 0.205. The summed E-state index contributed by atoms with van der Waals surface area (Å²) in [4.78, 5) is 12.0. The van der Waals surface area contributed by atoms with Crippen LogP contribution in [0.25, 0.3) is 16.6 Å². The number of rotatable bonds is 4. The summed E-state index contributed by atoms with van der Waals surface area (Å²) in [5.41, 5.74) is 1.55. The highest BCUT2D eigenvalue weighted by Crippen LogP contribution is 2.32. The maximum absolute atomic E-state index is 13.0. The van der Waals surface area contributed by atoms with Gasteiger partial charge in [0.05, 0.1) is 0 Å². The van der Waals surface area contributed by atoms with Crippen LogP contribution in [0, 0.1) is 5.82 Å². The molecule has 0 aliphatic carbocycles. The molecule has 0 fully saturated rings. The van der Waals surface area contributed by atoms with E-state index in [1.807, 2.05) is 6.07 Å². The molecular weight excluding hydrogens is 357 g/mol. The normalized spacial score (nSPS) is 12.5. The Balaban J connectivity index is 1.41. The minimum absolute atomic E-state index is 0.205. The van der Waals surface area contributed by atoms with Crippen molar-refractivity contribution in [3.05, 3.63) is 59.9 Å². The fourth-order valence-corrected chi connectivity index (χ4v) is 3.07. The molecule has 1 aromatic heterocycles. The highest BCUT2D eigenvalue weighted by atomic mass is 32.1. The van der Waals surface area contributed by atoms with Crippen molar-refractivity contribution in [3.8, 4) is 22.1 Å². The summed E-state index contributed by atoms with van der Waals surface area (Å²) in [6.07, 6.45) is 3.07. The molecule has 130 valence electrons. The van der Waals surface area contributed by atoms with Crippen LogP contribution in [0.15, 0.2) is 48.5 Å². The lowest BCUT2D eigenvalue weighted by atomic mass is 10.2. The molecule has 6 nitrogen and oxygen atoms in total. The summed E-state index contributed by atoms with van der Waals surface area (Å²) in [7, 11) is 0. The largest absolute Gasteiger partial charge is 0.454 e. The van der Waals surface area contributed by atoms with Crippen LogP contribution in [-0.2, 0) is 4.79 Å². The average molecular weight is 369 g/mol. The SMILES string of the molecule is O=C(/C=C/c1ccc2c(c1)OCO2)Nc1nnc(-c2ccc(F)cc2)s1. The Bertz CT molecular complexity index is 986. The van der Waals surface area contributed by atoms with Crippen LogP contribution in [0.1, 0.15) is 5.56 Å². The van der Waals surface area contributed by atoms with Crippen LogP contribution in [-0.4, -0.2) is 22.9 Å². The molecule has 2 heterocycles. The molecule has 8 heteroatoms. The second-order valence-electron chi connectivity index (χ2n) is 5.35. The zero-order valence-corrected chi connectivity index (χ0v) is 14.1. The smallest absolute Gasteiger partial charge is 0.250 e. The van der Waals surface area contributed by atoms with Gasteiger partial charge in [-0.05, 0) is 48.0 Å². The van der Waals surface area contributed by atoms with Crippen molar-refractivity contribution in [2.24, 2.45) is 0 Å². The van der Waals surface area contributed by atoms with E-state index in [-0.39, 0.29) is 18.5 Å². The Morgan fingerprint density at radius 2 is 1.92 bits per heavy atom. The van der Waals surface area contributed by atoms with Crippen molar-refractivity contribution in [1.82, 2.24) is 10.2 Å². The molecule has 2 aromatic carbocycles. The number of nitrogens with zero attached hydrogens (tertiary/aromatic N) is 2. The highest BCUT2D eigenvalue weighted by molar-refractivity contribution is 7.18. The summed E-state index contributed by atoms with van der Waals surface area (Å²) in [5.74, 6) is 0.694. The predicted molar refractivity (Wildman–Crippen MR) is 95.5 cm³/mol. The fraction of sp³-hybridized carbons (Fsp3) is 0.0556. The van der Waals surface area contributed by atoms with Crippen LogP contribution >= 0.6 is 11.3 Å². The third-order valence-electron chi connectivity index (χ3n) is 3.57. The lowest BCUT2D eigenvalue weighted by molar-refractivity contribution is -0.111. The van der Waals surface area contributed by atoms with E-state index in [2.05, 4.69) is 15.5 Å². The molecule has 0 saturated carbocycles. The van der Waals surface area contributed by atoms with E-state index in [9.17, 15) is 9.18 Å². The van der Waals surface area contributed by atoms with E-state index in [4.69, 9.17) is 9.47 Å². The number of carbonyl (C=O) groups is 1. The Labute approximate surface area is 151 Å². The minimum Gasteiger partial charge on any atom is -0.454 e. The predicted octanol–water partition coefficient (Wildman–Crippen LogP) is 3.72. The molecule has 0 saturated heterocycles. The Hall–Kier alpha value is -3.26. The van der Waals surface area contributed by atoms with Gasteiger partial charge in [0.25, 0.3) is 0 Å². The lowest BCUT2D eigenvalue weighted by Gasteiger charge is -1.98. The van der Waals surface area contributed by atoms with Crippen molar-refractivity contribution in [2.45, 2.75) is 0 Å². The molecule has 1 aliphatic heterocycles. The van der Waals surface area contributed by atoms with Crippen LogP contribution < -0.4 is 14.8 Å². The van der Waals surface area contributed by atoms with Gasteiger partial charge in [-0.1, -0.05) is 17.4 Å². The number of halogens is 1. The van der Waals surface area contributed by atoms with Crippen LogP contribution in [0.2, 0.25) is 0 Å². The summed E-state index contributed by atoms with van der Waals surface area (Å²) in [6, 6.07) is 11.3. The number of amides is 1. The number of hydrogen-bond donors (Lipinski definition) is 1. The number of ether oxygens (including phenoxy) is 2. The Morgan fingerprint density at radius 3 is 2.77 bits per heavy atom. The zero-order chi connectivity index (χ0) is 17.9. The number of benzene rings is 2. The molecule has 1 aliphatic rings. The minimum atomic E-state index is -0.329. The average Bonchev–Trinajstić information content (AvgIpc) is 3.29. The van der Waals surface area contributed by atoms with Gasteiger partial charge in [0.1, 0.15) is 10.8 Å². The molecule has 1 N–H and O–H groups in total. The quantitative estimate of drug-likeness (QED) is 0.710. The zero-order valence-electron chi connectivity index (χ0n) is 13.3. The molecule has 4 rings (SSSR count). The van der Waals surface area contributed by atoms with Crippen molar-refractivity contribution in [3.63, 3.8) is 0 Å². The number of hydrogen-bond acceptors (Lipinski definition) is 6. The van der Waals surface area contributed by atoms with Gasteiger partial charge in [-0.15, -0.1) is 10.2 Å². The van der Waals surface area contributed by atoms with Gasteiger partial charge in [0, 0.05) is 11.6 Å². The first-order valence-electron chi connectivity index (χ1n) is 7.65. The van der Waals surface area contributed by atoms with E-state index in [0.29, 0.717) is 21.6 Å². The molecule has 0 unspecified atom stereocenters. The van der Waals surface area contributed by atoms with Gasteiger partial charge in [-0.2, -0.15) is 0 Å². The van der Waals surface area contributed by atoms with E-state index in [1.54, 1.807) is 30.3 Å². The number of fused-ring (bicyclic) bond motifs is 1. The third-order valence-corrected chi connectivity index (χ3v) is 4.46. The molecule has 0 atom stereocenters. The van der Waals surface area contributed by atoms with Crippen molar-refractivity contribution < 1.29 is 18.7 Å². The van der Waals surface area contributed by atoms with Gasteiger partial charge in [-0.25, -0.2) is 4.39 Å². The lowest BCUT2D eigenvalue weighted by Crippen LogP contribution is -2.07. The number of aromatic nitrogens is 2. The first kappa shape index (κ1) is 16.2. The first-order valence-corrected chi connectivity index (χ1v) is 8.47. The van der Waals surface area contributed by atoms with Gasteiger partial charge in [-0.3, -0.25) is 10.1 Å². The topological polar surface area (TPSA) is 73.3 Å². The first-order chi connectivity index (χ1) is 12.7. The molecule has 26 heavy (non-hydrogen) atoms.